The first-order chi connectivity index (χ1) is 15.9. The lowest BCUT2D eigenvalue weighted by Gasteiger charge is -2.22. The molecule has 0 aliphatic heterocycles. The summed E-state index contributed by atoms with van der Waals surface area (Å²) in [6.07, 6.45) is 1.85. The molecule has 0 saturated heterocycles. The minimum Gasteiger partial charge on any atom is -0.481 e. The number of hydrogen-bond acceptors (Lipinski definition) is 4. The summed E-state index contributed by atoms with van der Waals surface area (Å²) in [4.78, 5) is 36.3. The van der Waals surface area contributed by atoms with E-state index in [2.05, 4.69) is 22.8 Å². The molecule has 3 rings (SSSR count). The maximum Gasteiger partial charge on any atom is 0.407 e. The van der Waals surface area contributed by atoms with Gasteiger partial charge in [0.1, 0.15) is 12.6 Å². The Morgan fingerprint density at radius 2 is 1.58 bits per heavy atom. The molecule has 176 valence electrons. The molecule has 2 aromatic rings. The number of fused-ring (bicyclic) bond motifs is 3. The largest absolute Gasteiger partial charge is 0.481 e. The van der Waals surface area contributed by atoms with Crippen LogP contribution in [0.15, 0.2) is 48.5 Å². The van der Waals surface area contributed by atoms with Gasteiger partial charge in [0.05, 0.1) is 6.42 Å². The lowest BCUT2D eigenvalue weighted by atomic mass is 9.98. The van der Waals surface area contributed by atoms with E-state index in [0.717, 1.165) is 35.1 Å². The van der Waals surface area contributed by atoms with Gasteiger partial charge in [-0.2, -0.15) is 0 Å². The Kier molecular flexibility index (Phi) is 8.46. The van der Waals surface area contributed by atoms with Crippen molar-refractivity contribution in [3.8, 4) is 11.1 Å². The normalized spacial score (nSPS) is 14.0. The van der Waals surface area contributed by atoms with Crippen LogP contribution < -0.4 is 10.6 Å². The van der Waals surface area contributed by atoms with E-state index in [-0.39, 0.29) is 18.9 Å². The van der Waals surface area contributed by atoms with E-state index in [1.165, 1.54) is 0 Å². The number of benzene rings is 2. The molecule has 1 aliphatic rings. The summed E-state index contributed by atoms with van der Waals surface area (Å²) in [5.74, 6) is -1.42. The smallest absolute Gasteiger partial charge is 0.407 e. The predicted octanol–water partition coefficient (Wildman–Crippen LogP) is 4.45. The molecule has 2 atom stereocenters. The van der Waals surface area contributed by atoms with Gasteiger partial charge in [-0.25, -0.2) is 4.79 Å². The Hall–Kier alpha value is -3.35. The highest BCUT2D eigenvalue weighted by molar-refractivity contribution is 5.86. The average Bonchev–Trinajstić information content (AvgIpc) is 3.13. The molecular weight excluding hydrogens is 420 g/mol. The zero-order valence-electron chi connectivity index (χ0n) is 19.2. The van der Waals surface area contributed by atoms with Gasteiger partial charge in [0.15, 0.2) is 0 Å². The van der Waals surface area contributed by atoms with Crippen molar-refractivity contribution in [2.24, 2.45) is 0 Å². The summed E-state index contributed by atoms with van der Waals surface area (Å²) in [6.45, 7) is 3.95. The van der Waals surface area contributed by atoms with Crippen molar-refractivity contribution >= 4 is 18.0 Å². The second kappa shape index (κ2) is 11.5. The molecule has 0 aromatic heterocycles. The first-order valence-corrected chi connectivity index (χ1v) is 11.6. The van der Waals surface area contributed by atoms with E-state index in [4.69, 9.17) is 9.84 Å². The van der Waals surface area contributed by atoms with Crippen LogP contribution in [0.5, 0.6) is 0 Å². The number of aliphatic carboxylic acids is 1. The second-order valence-electron chi connectivity index (χ2n) is 8.38. The summed E-state index contributed by atoms with van der Waals surface area (Å²) >= 11 is 0. The average molecular weight is 453 g/mol. The Labute approximate surface area is 194 Å². The first kappa shape index (κ1) is 24.3. The first-order valence-electron chi connectivity index (χ1n) is 11.6. The Bertz CT molecular complexity index is 945. The second-order valence-corrected chi connectivity index (χ2v) is 8.38. The topological polar surface area (TPSA) is 105 Å². The van der Waals surface area contributed by atoms with Crippen LogP contribution in [0.3, 0.4) is 0 Å². The van der Waals surface area contributed by atoms with Crippen LogP contribution in [0, 0.1) is 0 Å². The van der Waals surface area contributed by atoms with Gasteiger partial charge in [0.2, 0.25) is 5.91 Å². The molecule has 0 spiro atoms. The number of carboxylic acid groups (broad SMARTS) is 1. The van der Waals surface area contributed by atoms with Gasteiger partial charge in [-0.05, 0) is 35.1 Å². The fraction of sp³-hybridized carbons (Fsp3) is 0.423. The van der Waals surface area contributed by atoms with Gasteiger partial charge in [-0.1, -0.05) is 75.2 Å². The van der Waals surface area contributed by atoms with E-state index in [9.17, 15) is 14.4 Å². The molecule has 0 fully saturated rings. The fourth-order valence-corrected chi connectivity index (χ4v) is 4.32. The van der Waals surface area contributed by atoms with Crippen LogP contribution in [0.25, 0.3) is 11.1 Å². The predicted molar refractivity (Wildman–Crippen MR) is 126 cm³/mol. The minimum absolute atomic E-state index is 0.0638. The van der Waals surface area contributed by atoms with Crippen molar-refractivity contribution < 1.29 is 24.2 Å². The molecule has 7 nitrogen and oxygen atoms in total. The molecule has 7 heteroatoms. The number of nitrogens with one attached hydrogen (secondary N) is 2. The third-order valence-corrected chi connectivity index (χ3v) is 6.03. The maximum absolute atomic E-state index is 12.7. The highest BCUT2D eigenvalue weighted by atomic mass is 16.5. The van der Waals surface area contributed by atoms with Crippen molar-refractivity contribution in [2.75, 3.05) is 6.61 Å². The quantitative estimate of drug-likeness (QED) is 0.467. The van der Waals surface area contributed by atoms with Crippen LogP contribution in [0.4, 0.5) is 4.79 Å². The molecule has 0 radical (unpaired) electrons. The lowest BCUT2D eigenvalue weighted by molar-refractivity contribution is -0.137. The number of carbonyl (C=O) groups is 3. The van der Waals surface area contributed by atoms with Crippen molar-refractivity contribution in [2.45, 2.75) is 64.0 Å². The van der Waals surface area contributed by atoms with Crippen molar-refractivity contribution in [1.29, 1.82) is 0 Å². The van der Waals surface area contributed by atoms with Crippen molar-refractivity contribution in [1.82, 2.24) is 10.6 Å². The van der Waals surface area contributed by atoms with Crippen molar-refractivity contribution in [3.05, 3.63) is 59.7 Å². The van der Waals surface area contributed by atoms with Crippen LogP contribution in [0.1, 0.15) is 63.0 Å². The summed E-state index contributed by atoms with van der Waals surface area (Å²) in [6, 6.07) is 14.9. The molecule has 0 bridgehead atoms. The Morgan fingerprint density at radius 3 is 2.12 bits per heavy atom. The summed E-state index contributed by atoms with van der Waals surface area (Å²) < 4.78 is 5.53. The zero-order valence-corrected chi connectivity index (χ0v) is 19.2. The molecule has 2 amide bonds. The molecule has 1 unspecified atom stereocenters. The molecule has 0 heterocycles. The number of carboxylic acids is 1. The monoisotopic (exact) mass is 452 g/mol. The van der Waals surface area contributed by atoms with E-state index >= 15 is 0 Å². The number of ether oxygens (including phenoxy) is 1. The summed E-state index contributed by atoms with van der Waals surface area (Å²) in [7, 11) is 0. The van der Waals surface area contributed by atoms with Crippen LogP contribution >= 0.6 is 0 Å². The number of hydrogen-bond donors (Lipinski definition) is 3. The SMILES string of the molecule is CCCC[C@H](CC(=O)O)NC(=O)C(CC)NC(=O)OCC1c2ccccc2-c2ccccc21. The molecular formula is C26H32N2O5. The van der Waals surface area contributed by atoms with E-state index in [1.54, 1.807) is 6.92 Å². The van der Waals surface area contributed by atoms with Gasteiger partial charge in [-0.3, -0.25) is 9.59 Å². The van der Waals surface area contributed by atoms with Crippen LogP contribution in [-0.2, 0) is 14.3 Å². The highest BCUT2D eigenvalue weighted by Crippen LogP contribution is 2.44. The number of unbranched alkanes of at least 4 members (excludes halogenated alkanes) is 1. The standard InChI is InChI=1S/C26H32N2O5/c1-3-5-10-17(15-24(29)30)27-25(31)23(4-2)28-26(32)33-16-22-20-13-8-6-11-18(20)19-12-7-9-14-21(19)22/h6-9,11-14,17,22-23H,3-5,10,15-16H2,1-2H3,(H,27,31)(H,28,32)(H,29,30)/t17-,23?/m1/s1. The number of carbonyl (C=O) groups excluding carboxylic acids is 2. The lowest BCUT2D eigenvalue weighted by Crippen LogP contribution is -2.50. The van der Waals surface area contributed by atoms with Gasteiger partial charge >= 0.3 is 12.1 Å². The minimum atomic E-state index is -0.964. The molecule has 3 N–H and O–H groups in total. The Morgan fingerprint density at radius 1 is 0.970 bits per heavy atom. The van der Waals surface area contributed by atoms with E-state index in [0.29, 0.717) is 12.8 Å². The molecule has 1 aliphatic carbocycles. The van der Waals surface area contributed by atoms with Gasteiger partial charge in [0, 0.05) is 12.0 Å². The summed E-state index contributed by atoms with van der Waals surface area (Å²) in [5.41, 5.74) is 4.52. The number of amides is 2. The third kappa shape index (κ3) is 6.12. The van der Waals surface area contributed by atoms with Crippen molar-refractivity contribution in [3.63, 3.8) is 0 Å². The number of alkyl carbamates (subject to hydrolysis) is 1. The van der Waals surface area contributed by atoms with E-state index in [1.807, 2.05) is 43.3 Å². The molecule has 0 saturated carbocycles. The van der Waals surface area contributed by atoms with E-state index < -0.39 is 30.1 Å². The van der Waals surface area contributed by atoms with Gasteiger partial charge in [-0.15, -0.1) is 0 Å². The van der Waals surface area contributed by atoms with Gasteiger partial charge in [0.25, 0.3) is 0 Å². The molecule has 2 aromatic carbocycles. The summed E-state index contributed by atoms with van der Waals surface area (Å²) in [5, 5.41) is 14.5. The highest BCUT2D eigenvalue weighted by Gasteiger charge is 2.30. The van der Waals surface area contributed by atoms with Gasteiger partial charge < -0.3 is 20.5 Å². The molecule has 33 heavy (non-hydrogen) atoms. The van der Waals surface area contributed by atoms with Crippen LogP contribution in [0.2, 0.25) is 0 Å². The fourth-order valence-electron chi connectivity index (χ4n) is 4.32. The Balaban J connectivity index is 1.59. The maximum atomic E-state index is 12.7. The number of rotatable bonds is 11. The zero-order chi connectivity index (χ0) is 23.8. The third-order valence-electron chi connectivity index (χ3n) is 6.03. The van der Waals surface area contributed by atoms with Crippen LogP contribution in [-0.4, -0.2) is 41.8 Å².